The number of anilines is 1. The predicted molar refractivity (Wildman–Crippen MR) is 128 cm³/mol. The molecular formula is C27H18BrF3N2O3. The Balaban J connectivity index is 1.33. The van der Waals surface area contributed by atoms with Crippen molar-refractivity contribution in [3.8, 4) is 0 Å². The lowest BCUT2D eigenvalue weighted by Gasteiger charge is -2.51. The van der Waals surface area contributed by atoms with E-state index in [4.69, 9.17) is 0 Å². The fourth-order valence-corrected chi connectivity index (χ4v) is 7.21. The summed E-state index contributed by atoms with van der Waals surface area (Å²) in [6.45, 7) is -0.580. The van der Waals surface area contributed by atoms with E-state index in [-0.39, 0.29) is 11.6 Å². The lowest BCUT2D eigenvalue weighted by atomic mass is 9.55. The Labute approximate surface area is 212 Å². The molecular weight excluding hydrogens is 537 g/mol. The van der Waals surface area contributed by atoms with E-state index in [1.165, 1.54) is 12.1 Å². The van der Waals surface area contributed by atoms with Crippen LogP contribution in [0.25, 0.3) is 0 Å². The van der Waals surface area contributed by atoms with Gasteiger partial charge >= 0.3 is 6.18 Å². The quantitative estimate of drug-likeness (QED) is 0.364. The number of nitrogens with one attached hydrogen (secondary N) is 1. The molecule has 4 aliphatic rings. The highest BCUT2D eigenvalue weighted by Crippen LogP contribution is 2.66. The molecule has 2 atom stereocenters. The molecule has 0 radical (unpaired) electrons. The SMILES string of the molecule is O=C(CN1C(=O)[C@@H]2C3c4ccccc4C(Br)(c4ccccc43)[C@H]2C1=O)Nc1cccc(C(F)(F)F)c1. The standard InChI is InChI=1S/C27H18BrF3N2O3/c28-26-18-10-3-1-8-16(18)21(17-9-2-4-11-19(17)26)22-23(26)25(36)33(24(22)35)13-20(34)32-15-7-5-6-14(12-15)27(29,30)31/h1-12,21-23H,13H2,(H,32,34)/t21?,22-,23-,26?/m1/s1. The summed E-state index contributed by atoms with van der Waals surface area (Å²) in [6.07, 6.45) is -4.56. The second kappa shape index (κ2) is 7.77. The molecule has 36 heavy (non-hydrogen) atoms. The van der Waals surface area contributed by atoms with Gasteiger partial charge in [-0.3, -0.25) is 19.3 Å². The zero-order valence-electron chi connectivity index (χ0n) is 18.6. The third-order valence-electron chi connectivity index (χ3n) is 7.38. The Bertz CT molecular complexity index is 1410. The highest BCUT2D eigenvalue weighted by Gasteiger charge is 2.67. The molecule has 9 heteroatoms. The molecule has 7 rings (SSSR count). The third kappa shape index (κ3) is 3.11. The van der Waals surface area contributed by atoms with Gasteiger partial charge in [0.25, 0.3) is 0 Å². The maximum absolute atomic E-state index is 13.7. The number of hydrogen-bond acceptors (Lipinski definition) is 3. The van der Waals surface area contributed by atoms with Crippen LogP contribution in [-0.2, 0) is 24.9 Å². The lowest BCUT2D eigenvalue weighted by molar-refractivity contribution is -0.142. The van der Waals surface area contributed by atoms with Crippen LogP contribution in [0, 0.1) is 11.8 Å². The molecule has 0 spiro atoms. The number of hydrogen-bond donors (Lipinski definition) is 1. The second-order valence-corrected chi connectivity index (χ2v) is 10.5. The van der Waals surface area contributed by atoms with Crippen molar-refractivity contribution in [2.75, 3.05) is 11.9 Å². The molecule has 0 saturated carbocycles. The molecule has 1 heterocycles. The van der Waals surface area contributed by atoms with E-state index >= 15 is 0 Å². The molecule has 5 nitrogen and oxygen atoms in total. The van der Waals surface area contributed by atoms with E-state index in [9.17, 15) is 27.6 Å². The van der Waals surface area contributed by atoms with Crippen molar-refractivity contribution < 1.29 is 27.6 Å². The van der Waals surface area contributed by atoms with Crippen LogP contribution in [0.5, 0.6) is 0 Å². The Hall–Kier alpha value is -3.46. The molecule has 1 N–H and O–H groups in total. The second-order valence-electron chi connectivity index (χ2n) is 9.26. The van der Waals surface area contributed by atoms with Gasteiger partial charge in [0.05, 0.1) is 21.7 Å². The van der Waals surface area contributed by atoms with Gasteiger partial charge in [-0.1, -0.05) is 70.5 Å². The number of benzene rings is 3. The summed E-state index contributed by atoms with van der Waals surface area (Å²) < 4.78 is 38.2. The van der Waals surface area contributed by atoms with E-state index in [0.29, 0.717) is 0 Å². The molecule has 3 aromatic carbocycles. The maximum atomic E-state index is 13.7. The Kier molecular flexibility index (Phi) is 4.96. The van der Waals surface area contributed by atoms with Crippen molar-refractivity contribution in [2.45, 2.75) is 16.4 Å². The summed E-state index contributed by atoms with van der Waals surface area (Å²) in [6, 6.07) is 19.6. The first-order valence-corrected chi connectivity index (χ1v) is 12.1. The molecule has 0 unspecified atom stereocenters. The van der Waals surface area contributed by atoms with Crippen molar-refractivity contribution in [3.05, 3.63) is 101 Å². The van der Waals surface area contributed by atoms with Crippen molar-refractivity contribution in [3.63, 3.8) is 0 Å². The normalized spacial score (nSPS) is 25.9. The number of halogens is 4. The molecule has 3 aromatic rings. The maximum Gasteiger partial charge on any atom is 0.416 e. The molecule has 3 amide bonds. The van der Waals surface area contributed by atoms with Gasteiger partial charge in [-0.15, -0.1) is 0 Å². The van der Waals surface area contributed by atoms with E-state index in [2.05, 4.69) is 21.2 Å². The summed E-state index contributed by atoms with van der Waals surface area (Å²) in [5.74, 6) is -3.46. The monoisotopic (exact) mass is 554 g/mol. The number of likely N-dealkylation sites (tertiary alicyclic amines) is 1. The Morgan fingerprint density at radius 2 is 1.53 bits per heavy atom. The lowest BCUT2D eigenvalue weighted by Crippen LogP contribution is -2.50. The summed E-state index contributed by atoms with van der Waals surface area (Å²) >= 11 is 3.87. The summed E-state index contributed by atoms with van der Waals surface area (Å²) in [7, 11) is 0. The number of carbonyl (C=O) groups excluding carboxylic acids is 3. The van der Waals surface area contributed by atoms with E-state index < -0.39 is 52.2 Å². The minimum absolute atomic E-state index is 0.0665. The number of nitrogens with zero attached hydrogens (tertiary/aromatic N) is 1. The largest absolute Gasteiger partial charge is 0.416 e. The summed E-state index contributed by atoms with van der Waals surface area (Å²) in [5.41, 5.74) is 2.80. The minimum atomic E-state index is -4.56. The van der Waals surface area contributed by atoms with Gasteiger partial charge in [0.2, 0.25) is 17.7 Å². The first kappa shape index (κ1) is 23.0. The van der Waals surface area contributed by atoms with Gasteiger partial charge in [0.1, 0.15) is 6.54 Å². The van der Waals surface area contributed by atoms with Gasteiger partial charge < -0.3 is 5.32 Å². The highest BCUT2D eigenvalue weighted by atomic mass is 79.9. The number of rotatable bonds is 3. The van der Waals surface area contributed by atoms with Crippen LogP contribution in [0.2, 0.25) is 0 Å². The van der Waals surface area contributed by atoms with Gasteiger partial charge in [0, 0.05) is 11.6 Å². The van der Waals surface area contributed by atoms with Crippen molar-refractivity contribution >= 4 is 39.3 Å². The van der Waals surface area contributed by atoms with Crippen LogP contribution in [0.4, 0.5) is 18.9 Å². The van der Waals surface area contributed by atoms with Crippen LogP contribution in [-0.4, -0.2) is 29.2 Å². The number of imide groups is 1. The van der Waals surface area contributed by atoms with Crippen LogP contribution in [0.1, 0.15) is 33.7 Å². The molecule has 1 fully saturated rings. The zero-order chi connectivity index (χ0) is 25.4. The van der Waals surface area contributed by atoms with E-state index in [1.807, 2.05) is 48.5 Å². The van der Waals surface area contributed by atoms with Crippen molar-refractivity contribution in [1.82, 2.24) is 4.90 Å². The zero-order valence-corrected chi connectivity index (χ0v) is 20.1. The number of alkyl halides is 4. The molecule has 3 aliphatic carbocycles. The summed E-state index contributed by atoms with van der Waals surface area (Å²) in [4.78, 5) is 41.0. The first-order chi connectivity index (χ1) is 17.1. The van der Waals surface area contributed by atoms with Crippen molar-refractivity contribution in [1.29, 1.82) is 0 Å². The average Bonchev–Trinajstić information content (AvgIpc) is 3.10. The average molecular weight is 555 g/mol. The summed E-state index contributed by atoms with van der Waals surface area (Å²) in [5, 5.41) is 2.39. The van der Waals surface area contributed by atoms with Gasteiger partial charge in [-0.05, 0) is 40.5 Å². The first-order valence-electron chi connectivity index (χ1n) is 11.3. The molecule has 2 bridgehead atoms. The molecule has 1 saturated heterocycles. The van der Waals surface area contributed by atoms with Gasteiger partial charge in [0.15, 0.2) is 0 Å². The van der Waals surface area contributed by atoms with E-state index in [1.54, 1.807) is 0 Å². The highest BCUT2D eigenvalue weighted by molar-refractivity contribution is 9.09. The van der Waals surface area contributed by atoms with Gasteiger partial charge in [-0.2, -0.15) is 13.2 Å². The predicted octanol–water partition coefficient (Wildman–Crippen LogP) is 5.04. The number of carbonyl (C=O) groups is 3. The van der Waals surface area contributed by atoms with E-state index in [0.717, 1.165) is 39.3 Å². The fraction of sp³-hybridized carbons (Fsp3) is 0.222. The smallest absolute Gasteiger partial charge is 0.325 e. The Morgan fingerprint density at radius 1 is 0.917 bits per heavy atom. The van der Waals surface area contributed by atoms with Gasteiger partial charge in [-0.25, -0.2) is 0 Å². The molecule has 0 aromatic heterocycles. The van der Waals surface area contributed by atoms with Crippen molar-refractivity contribution in [2.24, 2.45) is 11.8 Å². The third-order valence-corrected chi connectivity index (χ3v) is 8.73. The number of amides is 3. The molecule has 1 aliphatic heterocycles. The van der Waals surface area contributed by atoms with Crippen LogP contribution >= 0.6 is 15.9 Å². The minimum Gasteiger partial charge on any atom is -0.325 e. The fourth-order valence-electron chi connectivity index (χ4n) is 6.01. The van der Waals surface area contributed by atoms with Crippen LogP contribution in [0.15, 0.2) is 72.8 Å². The topological polar surface area (TPSA) is 66.5 Å². The van der Waals surface area contributed by atoms with Crippen LogP contribution < -0.4 is 5.32 Å². The molecule has 182 valence electrons. The van der Waals surface area contributed by atoms with Crippen LogP contribution in [0.3, 0.4) is 0 Å². The Morgan fingerprint density at radius 3 is 2.14 bits per heavy atom.